The second-order valence-electron chi connectivity index (χ2n) is 9.97. The molecule has 1 amide bonds. The lowest BCUT2D eigenvalue weighted by Crippen LogP contribution is -2.60. The summed E-state index contributed by atoms with van der Waals surface area (Å²) in [6, 6.07) is 7.09. The van der Waals surface area contributed by atoms with Gasteiger partial charge in [-0.3, -0.25) is 19.0 Å². The maximum absolute atomic E-state index is 13.3. The summed E-state index contributed by atoms with van der Waals surface area (Å²) in [6.07, 6.45) is -3.30. The van der Waals surface area contributed by atoms with Crippen LogP contribution < -0.4 is 15.3 Å². The zero-order valence-electron chi connectivity index (χ0n) is 22.7. The van der Waals surface area contributed by atoms with Crippen molar-refractivity contribution < 1.29 is 26.4 Å². The van der Waals surface area contributed by atoms with E-state index in [0.717, 1.165) is 18.4 Å². The minimum atomic E-state index is -4.59. The molecule has 3 heterocycles. The second-order valence-corrected chi connectivity index (χ2v) is 11.7. The number of hydrogen-bond acceptors (Lipinski definition) is 9. The van der Waals surface area contributed by atoms with Gasteiger partial charge in [-0.15, -0.1) is 0 Å². The number of pyridine rings is 1. The molecular formula is C26H28F3N7O4S. The van der Waals surface area contributed by atoms with Crippen LogP contribution in [0.2, 0.25) is 0 Å². The van der Waals surface area contributed by atoms with Crippen LogP contribution in [0.3, 0.4) is 0 Å². The third-order valence-corrected chi connectivity index (χ3v) is 7.67. The fourth-order valence-electron chi connectivity index (χ4n) is 5.10. The number of hydrogen-bond donors (Lipinski definition) is 1. The molecule has 15 heteroatoms. The lowest BCUT2D eigenvalue weighted by Gasteiger charge is -2.48. The number of aryl methyl sites for hydroxylation is 1. The van der Waals surface area contributed by atoms with Gasteiger partial charge in [0.05, 0.1) is 17.3 Å². The highest BCUT2D eigenvalue weighted by Gasteiger charge is 2.41. The molecular weight excluding hydrogens is 563 g/mol. The van der Waals surface area contributed by atoms with E-state index >= 15 is 0 Å². The summed E-state index contributed by atoms with van der Waals surface area (Å²) in [7, 11) is -2.43. The summed E-state index contributed by atoms with van der Waals surface area (Å²) in [5, 5.41) is 9.39. The fraction of sp³-hybridized carbons (Fsp3) is 0.423. The monoisotopic (exact) mass is 591 g/mol. The molecule has 1 aliphatic rings. The van der Waals surface area contributed by atoms with Gasteiger partial charge in [0.15, 0.2) is 5.82 Å². The van der Waals surface area contributed by atoms with Crippen molar-refractivity contribution in [2.24, 2.45) is 7.05 Å². The summed E-state index contributed by atoms with van der Waals surface area (Å²) in [4.78, 5) is 38.3. The van der Waals surface area contributed by atoms with Crippen LogP contribution in [0, 0.1) is 11.3 Å². The maximum atomic E-state index is 13.3. The Balaban J connectivity index is 1.78. The molecule has 0 saturated carbocycles. The summed E-state index contributed by atoms with van der Waals surface area (Å²) in [6.45, 7) is 4.06. The van der Waals surface area contributed by atoms with Crippen molar-refractivity contribution in [2.75, 3.05) is 24.2 Å². The lowest BCUT2D eigenvalue weighted by atomic mass is 9.96. The topological polar surface area (TPSA) is 141 Å². The molecule has 0 radical (unpaired) electrons. The Kier molecular flexibility index (Phi) is 8.10. The average Bonchev–Trinajstić information content (AvgIpc) is 2.89. The number of carbonyl (C=O) groups is 1. The van der Waals surface area contributed by atoms with Crippen molar-refractivity contribution in [1.82, 2.24) is 24.2 Å². The number of nitrogens with zero attached hydrogens (tertiary/aromatic N) is 6. The van der Waals surface area contributed by atoms with Crippen molar-refractivity contribution in [3.05, 3.63) is 63.7 Å². The van der Waals surface area contributed by atoms with E-state index in [9.17, 15) is 36.4 Å². The maximum Gasteiger partial charge on any atom is 0.416 e. The number of nitrogens with one attached hydrogen (secondary N) is 1. The largest absolute Gasteiger partial charge is 0.416 e. The van der Waals surface area contributed by atoms with Gasteiger partial charge in [0.1, 0.15) is 23.3 Å². The Hall–Kier alpha value is -4.03. The van der Waals surface area contributed by atoms with Crippen LogP contribution in [0.4, 0.5) is 19.0 Å². The molecule has 2 aromatic heterocycles. The van der Waals surface area contributed by atoms with Gasteiger partial charge in [0.25, 0.3) is 5.91 Å². The van der Waals surface area contributed by atoms with Crippen LogP contribution in [0.25, 0.3) is 11.0 Å². The molecule has 0 spiro atoms. The SMILES string of the molecule is CC[C@@H]1CN(c2nc(=O)n(C)c3ccc(C#N)nc23)[C@@H](C)CN1C(C(=O)NS(C)(=O)=O)c1ccc(C(F)(F)F)cc1. The Labute approximate surface area is 234 Å². The number of piperazine rings is 1. The zero-order chi connectivity index (χ0) is 30.3. The Bertz CT molecular complexity index is 1680. The van der Waals surface area contributed by atoms with E-state index in [1.807, 2.05) is 29.5 Å². The van der Waals surface area contributed by atoms with Gasteiger partial charge < -0.3 is 4.90 Å². The van der Waals surface area contributed by atoms with Crippen LogP contribution in [0.5, 0.6) is 0 Å². The third kappa shape index (κ3) is 6.18. The summed E-state index contributed by atoms with van der Waals surface area (Å²) >= 11 is 0. The van der Waals surface area contributed by atoms with Crippen LogP contribution in [0.1, 0.15) is 43.1 Å². The molecule has 3 atom stereocenters. The first-order valence-electron chi connectivity index (χ1n) is 12.6. The fourth-order valence-corrected chi connectivity index (χ4v) is 5.57. The minimum Gasteiger partial charge on any atom is -0.349 e. The van der Waals surface area contributed by atoms with Crippen LogP contribution in [-0.4, -0.2) is 65.2 Å². The first kappa shape index (κ1) is 29.9. The molecule has 218 valence electrons. The summed E-state index contributed by atoms with van der Waals surface area (Å²) in [5.41, 5.74) is -0.293. The van der Waals surface area contributed by atoms with Crippen molar-refractivity contribution >= 4 is 32.8 Å². The average molecular weight is 592 g/mol. The summed E-state index contributed by atoms with van der Waals surface area (Å²) < 4.78 is 66.8. The van der Waals surface area contributed by atoms with Crippen molar-refractivity contribution in [3.8, 4) is 6.07 Å². The normalized spacial score (nSPS) is 19.1. The molecule has 1 unspecified atom stereocenters. The van der Waals surface area contributed by atoms with Crippen LogP contribution >= 0.6 is 0 Å². The number of benzene rings is 1. The molecule has 1 fully saturated rings. The number of aromatic nitrogens is 3. The predicted molar refractivity (Wildman–Crippen MR) is 144 cm³/mol. The second kappa shape index (κ2) is 11.1. The van der Waals surface area contributed by atoms with Crippen molar-refractivity contribution in [2.45, 2.75) is 44.6 Å². The third-order valence-electron chi connectivity index (χ3n) is 7.10. The Morgan fingerprint density at radius 1 is 1.17 bits per heavy atom. The quantitative estimate of drug-likeness (QED) is 0.457. The minimum absolute atomic E-state index is 0.136. The van der Waals surface area contributed by atoms with Crippen molar-refractivity contribution in [3.63, 3.8) is 0 Å². The molecule has 1 N–H and O–H groups in total. The molecule has 41 heavy (non-hydrogen) atoms. The number of fused-ring (bicyclic) bond motifs is 1. The van der Waals surface area contributed by atoms with Gasteiger partial charge >= 0.3 is 11.9 Å². The van der Waals surface area contributed by atoms with Crippen LogP contribution in [0.15, 0.2) is 41.2 Å². The number of alkyl halides is 3. The molecule has 11 nitrogen and oxygen atoms in total. The molecule has 1 aliphatic heterocycles. The highest BCUT2D eigenvalue weighted by atomic mass is 32.2. The van der Waals surface area contributed by atoms with Gasteiger partial charge in [0.2, 0.25) is 10.0 Å². The number of rotatable bonds is 6. The van der Waals surface area contributed by atoms with Gasteiger partial charge in [-0.25, -0.2) is 18.2 Å². The predicted octanol–water partition coefficient (Wildman–Crippen LogP) is 2.33. The highest BCUT2D eigenvalue weighted by Crippen LogP contribution is 2.35. The first-order chi connectivity index (χ1) is 19.1. The van der Waals surface area contributed by atoms with Gasteiger partial charge in [0, 0.05) is 32.2 Å². The molecule has 3 aromatic rings. The van der Waals surface area contributed by atoms with E-state index in [1.54, 1.807) is 18.0 Å². The van der Waals surface area contributed by atoms with E-state index in [1.165, 1.54) is 22.8 Å². The highest BCUT2D eigenvalue weighted by molar-refractivity contribution is 7.89. The molecule has 0 bridgehead atoms. The zero-order valence-corrected chi connectivity index (χ0v) is 23.5. The lowest BCUT2D eigenvalue weighted by molar-refractivity contribution is -0.137. The van der Waals surface area contributed by atoms with Gasteiger partial charge in [-0.05, 0) is 43.2 Å². The Morgan fingerprint density at radius 2 is 1.83 bits per heavy atom. The molecule has 4 rings (SSSR count). The van der Waals surface area contributed by atoms with E-state index in [4.69, 9.17) is 0 Å². The van der Waals surface area contributed by atoms with E-state index < -0.39 is 51.5 Å². The Morgan fingerprint density at radius 3 is 2.39 bits per heavy atom. The van der Waals surface area contributed by atoms with Crippen molar-refractivity contribution in [1.29, 1.82) is 5.26 Å². The van der Waals surface area contributed by atoms with Gasteiger partial charge in [-0.1, -0.05) is 19.1 Å². The number of carbonyl (C=O) groups excluding carboxylic acids is 1. The smallest absolute Gasteiger partial charge is 0.349 e. The van der Waals surface area contributed by atoms with E-state index in [-0.39, 0.29) is 30.2 Å². The standard InChI is InChI=1S/C26H28F3N7O4S/c1-5-19-14-35(23-21-20(34(3)25(38)32-23)11-10-18(12-30)31-21)15(2)13-36(19)22(24(37)33-41(4,39)40)16-6-8-17(9-7-16)26(27,28)29/h6-11,15,19,22H,5,13-14H2,1-4H3,(H,33,37)/t15-,19+,22?/m0/s1. The first-order valence-corrected chi connectivity index (χ1v) is 14.5. The number of halogens is 3. The number of anilines is 1. The molecule has 1 aromatic carbocycles. The van der Waals surface area contributed by atoms with E-state index in [2.05, 4.69) is 9.97 Å². The molecule has 1 saturated heterocycles. The van der Waals surface area contributed by atoms with Gasteiger partial charge in [-0.2, -0.15) is 23.4 Å². The summed E-state index contributed by atoms with van der Waals surface area (Å²) in [5.74, 6) is -0.638. The number of amides is 1. The number of sulfonamides is 1. The number of nitriles is 1. The molecule has 0 aliphatic carbocycles. The van der Waals surface area contributed by atoms with Crippen LogP contribution in [-0.2, 0) is 28.0 Å². The van der Waals surface area contributed by atoms with E-state index in [0.29, 0.717) is 17.5 Å².